The van der Waals surface area contributed by atoms with Gasteiger partial charge in [-0.15, -0.1) is 0 Å². The lowest BCUT2D eigenvalue weighted by Gasteiger charge is -2.36. The Hall–Kier alpha value is -3.36. The summed E-state index contributed by atoms with van der Waals surface area (Å²) in [6, 6.07) is 1.58. The molecule has 1 amide bonds. The van der Waals surface area contributed by atoms with Gasteiger partial charge in [0.2, 0.25) is 5.91 Å². The summed E-state index contributed by atoms with van der Waals surface area (Å²) in [5.41, 5.74) is 2.52. The normalized spacial score (nSPS) is 17.1. The molecule has 0 bridgehead atoms. The van der Waals surface area contributed by atoms with E-state index >= 15 is 0 Å². The number of nitrogens with one attached hydrogen (secondary N) is 1. The zero-order valence-corrected chi connectivity index (χ0v) is 18.0. The highest BCUT2D eigenvalue weighted by atomic mass is 16.5. The van der Waals surface area contributed by atoms with Crippen molar-refractivity contribution in [1.82, 2.24) is 30.4 Å². The summed E-state index contributed by atoms with van der Waals surface area (Å²) in [6.45, 7) is 6.77. The Morgan fingerprint density at radius 2 is 2.16 bits per heavy atom. The standard InChI is InChI=1S/C22H26N6O3/c1-4-30-20-9-14(31-28-20)5-6-19(29)26-16-10-22(2,3)11-17-15(16)12-25-21(27-17)18-13-23-7-8-24-18/h7-9,12-13,16H,4-6,10-11H2,1-3H3,(H,26,29). The van der Waals surface area contributed by atoms with Gasteiger partial charge >= 0.3 is 0 Å². The first kappa shape index (κ1) is 20.9. The van der Waals surface area contributed by atoms with Crippen LogP contribution in [0.2, 0.25) is 0 Å². The van der Waals surface area contributed by atoms with Gasteiger partial charge in [-0.05, 0) is 30.3 Å². The number of rotatable bonds is 7. The summed E-state index contributed by atoms with van der Waals surface area (Å²) in [7, 11) is 0. The van der Waals surface area contributed by atoms with E-state index in [1.54, 1.807) is 30.9 Å². The van der Waals surface area contributed by atoms with Crippen molar-refractivity contribution in [3.8, 4) is 17.4 Å². The molecule has 4 rings (SSSR count). The van der Waals surface area contributed by atoms with E-state index in [1.165, 1.54) is 0 Å². The topological polar surface area (TPSA) is 116 Å². The van der Waals surface area contributed by atoms with Crippen LogP contribution >= 0.6 is 0 Å². The highest BCUT2D eigenvalue weighted by Crippen LogP contribution is 2.40. The summed E-state index contributed by atoms with van der Waals surface area (Å²) in [5, 5.41) is 6.98. The fourth-order valence-corrected chi connectivity index (χ4v) is 3.84. The van der Waals surface area contributed by atoms with E-state index in [0.29, 0.717) is 42.6 Å². The van der Waals surface area contributed by atoms with Crippen LogP contribution in [0.15, 0.2) is 35.4 Å². The predicted octanol–water partition coefficient (Wildman–Crippen LogP) is 3.08. The third-order valence-corrected chi connectivity index (χ3v) is 5.23. The van der Waals surface area contributed by atoms with Gasteiger partial charge in [0.05, 0.1) is 24.5 Å². The van der Waals surface area contributed by atoms with E-state index in [-0.39, 0.29) is 17.4 Å². The van der Waals surface area contributed by atoms with Crippen molar-refractivity contribution in [3.05, 3.63) is 47.9 Å². The number of hydrogen-bond acceptors (Lipinski definition) is 8. The van der Waals surface area contributed by atoms with Crippen LogP contribution in [0.1, 0.15) is 56.7 Å². The smallest absolute Gasteiger partial charge is 0.254 e. The number of amides is 1. The zero-order chi connectivity index (χ0) is 21.8. The second kappa shape index (κ2) is 8.79. The predicted molar refractivity (Wildman–Crippen MR) is 112 cm³/mol. The second-order valence-corrected chi connectivity index (χ2v) is 8.42. The molecule has 0 saturated heterocycles. The van der Waals surface area contributed by atoms with Crippen molar-refractivity contribution in [3.63, 3.8) is 0 Å². The van der Waals surface area contributed by atoms with Crippen LogP contribution in [0.5, 0.6) is 5.88 Å². The quantitative estimate of drug-likeness (QED) is 0.617. The van der Waals surface area contributed by atoms with E-state index in [1.807, 2.05) is 6.92 Å². The minimum absolute atomic E-state index is 0.00371. The lowest BCUT2D eigenvalue weighted by Crippen LogP contribution is -2.37. The van der Waals surface area contributed by atoms with Crippen molar-refractivity contribution in [2.24, 2.45) is 5.41 Å². The molecule has 1 N–H and O–H groups in total. The van der Waals surface area contributed by atoms with E-state index in [4.69, 9.17) is 14.2 Å². The Bertz CT molecular complexity index is 1050. The van der Waals surface area contributed by atoms with Gasteiger partial charge in [0.15, 0.2) is 5.82 Å². The van der Waals surface area contributed by atoms with Crippen LogP contribution in [0, 0.1) is 5.41 Å². The molecule has 1 aliphatic carbocycles. The van der Waals surface area contributed by atoms with Gasteiger partial charge in [0.1, 0.15) is 11.5 Å². The lowest BCUT2D eigenvalue weighted by molar-refractivity contribution is -0.122. The molecule has 162 valence electrons. The number of carbonyl (C=O) groups excluding carboxylic acids is 1. The SMILES string of the molecule is CCOc1cc(CCC(=O)NC2CC(C)(C)Cc3nc(-c4cnccn4)ncc32)on1. The average Bonchev–Trinajstić information content (AvgIpc) is 3.19. The minimum Gasteiger partial charge on any atom is -0.476 e. The molecule has 9 heteroatoms. The molecule has 1 unspecified atom stereocenters. The zero-order valence-electron chi connectivity index (χ0n) is 18.0. The summed E-state index contributed by atoms with van der Waals surface area (Å²) < 4.78 is 10.5. The van der Waals surface area contributed by atoms with Gasteiger partial charge in [-0.25, -0.2) is 15.0 Å². The third-order valence-electron chi connectivity index (χ3n) is 5.23. The Kier molecular flexibility index (Phi) is 5.92. The van der Waals surface area contributed by atoms with Crippen molar-refractivity contribution in [1.29, 1.82) is 0 Å². The summed E-state index contributed by atoms with van der Waals surface area (Å²) in [4.78, 5) is 30.3. The molecule has 1 atom stereocenters. The van der Waals surface area contributed by atoms with Crippen LogP contribution < -0.4 is 10.1 Å². The second-order valence-electron chi connectivity index (χ2n) is 8.42. The molecule has 9 nitrogen and oxygen atoms in total. The first-order valence-corrected chi connectivity index (χ1v) is 10.4. The Balaban J connectivity index is 1.46. The van der Waals surface area contributed by atoms with Crippen LogP contribution in [0.25, 0.3) is 11.5 Å². The summed E-state index contributed by atoms with van der Waals surface area (Å²) in [5.74, 6) is 1.56. The molecule has 1 aliphatic rings. The third kappa shape index (κ3) is 5.04. The number of ether oxygens (including phenoxy) is 1. The molecule has 0 radical (unpaired) electrons. The number of fused-ring (bicyclic) bond motifs is 1. The first-order chi connectivity index (χ1) is 14.9. The maximum Gasteiger partial charge on any atom is 0.254 e. The Morgan fingerprint density at radius 3 is 2.94 bits per heavy atom. The Labute approximate surface area is 180 Å². The van der Waals surface area contributed by atoms with Gasteiger partial charge in [-0.1, -0.05) is 13.8 Å². The highest BCUT2D eigenvalue weighted by molar-refractivity contribution is 5.76. The maximum atomic E-state index is 12.7. The average molecular weight is 422 g/mol. The lowest BCUT2D eigenvalue weighted by atomic mass is 9.74. The number of aryl methyl sites for hydroxylation is 1. The van der Waals surface area contributed by atoms with E-state index in [0.717, 1.165) is 24.1 Å². The number of aromatic nitrogens is 5. The Morgan fingerprint density at radius 1 is 1.29 bits per heavy atom. The monoisotopic (exact) mass is 422 g/mol. The summed E-state index contributed by atoms with van der Waals surface area (Å²) in [6.07, 6.45) is 9.07. The number of carbonyl (C=O) groups is 1. The minimum atomic E-state index is -0.143. The summed E-state index contributed by atoms with van der Waals surface area (Å²) >= 11 is 0. The molecule has 0 fully saturated rings. The van der Waals surface area contributed by atoms with Gasteiger partial charge < -0.3 is 14.6 Å². The van der Waals surface area contributed by atoms with Crippen LogP contribution in [0.3, 0.4) is 0 Å². The van der Waals surface area contributed by atoms with Gasteiger partial charge in [0, 0.05) is 43.1 Å². The molecule has 3 heterocycles. The number of nitrogens with zero attached hydrogens (tertiary/aromatic N) is 5. The van der Waals surface area contributed by atoms with Gasteiger partial charge in [-0.2, -0.15) is 0 Å². The maximum absolute atomic E-state index is 12.7. The molecule has 3 aromatic heterocycles. The number of hydrogen-bond donors (Lipinski definition) is 1. The first-order valence-electron chi connectivity index (χ1n) is 10.4. The van der Waals surface area contributed by atoms with Gasteiger partial charge in [-0.3, -0.25) is 9.78 Å². The van der Waals surface area contributed by atoms with Crippen molar-refractivity contribution in [2.45, 2.75) is 52.5 Å². The molecule has 0 aliphatic heterocycles. The largest absolute Gasteiger partial charge is 0.476 e. The molecule has 0 saturated carbocycles. The fourth-order valence-electron chi connectivity index (χ4n) is 3.84. The van der Waals surface area contributed by atoms with Crippen LogP contribution in [0.4, 0.5) is 0 Å². The molecular weight excluding hydrogens is 396 g/mol. The highest BCUT2D eigenvalue weighted by Gasteiger charge is 2.34. The van der Waals surface area contributed by atoms with E-state index in [9.17, 15) is 4.79 Å². The van der Waals surface area contributed by atoms with Crippen molar-refractivity contribution < 1.29 is 14.1 Å². The molecule has 3 aromatic rings. The van der Waals surface area contributed by atoms with Gasteiger partial charge in [0.25, 0.3) is 5.88 Å². The molecular formula is C22H26N6O3. The van der Waals surface area contributed by atoms with Crippen LogP contribution in [-0.4, -0.2) is 37.6 Å². The molecule has 0 aromatic carbocycles. The molecule has 0 spiro atoms. The fraction of sp³-hybridized carbons (Fsp3) is 0.455. The van der Waals surface area contributed by atoms with Crippen molar-refractivity contribution in [2.75, 3.05) is 6.61 Å². The van der Waals surface area contributed by atoms with Crippen molar-refractivity contribution >= 4 is 5.91 Å². The van der Waals surface area contributed by atoms with E-state index in [2.05, 4.69) is 39.3 Å². The van der Waals surface area contributed by atoms with E-state index < -0.39 is 0 Å². The van der Waals surface area contributed by atoms with Crippen LogP contribution in [-0.2, 0) is 17.6 Å². The molecule has 31 heavy (non-hydrogen) atoms.